The molecule has 0 aromatic carbocycles. The molecule has 1 N–H and O–H groups in total. The van der Waals surface area contributed by atoms with E-state index in [1.807, 2.05) is 22.5 Å². The van der Waals surface area contributed by atoms with Crippen molar-refractivity contribution in [1.82, 2.24) is 9.78 Å². The van der Waals surface area contributed by atoms with Gasteiger partial charge < -0.3 is 5.11 Å². The summed E-state index contributed by atoms with van der Waals surface area (Å²) < 4.78 is 1.90. The van der Waals surface area contributed by atoms with E-state index in [1.165, 1.54) is 0 Å². The summed E-state index contributed by atoms with van der Waals surface area (Å²) in [5.41, 5.74) is 0.453. The molecule has 0 saturated carbocycles. The zero-order chi connectivity index (χ0) is 11.8. The Kier molecular flexibility index (Phi) is 3.05. The van der Waals surface area contributed by atoms with Gasteiger partial charge in [0.1, 0.15) is 5.60 Å². The molecule has 1 saturated heterocycles. The molecule has 1 aromatic rings. The highest BCUT2D eigenvalue weighted by Crippen LogP contribution is 2.44. The Morgan fingerprint density at radius 3 is 2.88 bits per heavy atom. The second-order valence-electron chi connectivity index (χ2n) is 5.40. The third kappa shape index (κ3) is 2.13. The van der Waals surface area contributed by atoms with E-state index in [-0.39, 0.29) is 5.41 Å². The normalized spacial score (nSPS) is 29.2. The molecule has 0 spiro atoms. The number of hydrogen-bond acceptors (Lipinski definition) is 3. The highest BCUT2D eigenvalue weighted by Gasteiger charge is 2.42. The molecule has 1 aliphatic rings. The van der Waals surface area contributed by atoms with E-state index in [9.17, 15) is 5.11 Å². The Balaban J connectivity index is 2.31. The van der Waals surface area contributed by atoms with Crippen LogP contribution in [0.4, 0.5) is 0 Å². The fraction of sp³-hybridized carbons (Fsp3) is 0.750. The maximum Gasteiger partial charge on any atom is 0.116 e. The lowest BCUT2D eigenvalue weighted by molar-refractivity contribution is 0.00772. The lowest BCUT2D eigenvalue weighted by Gasteiger charge is -2.41. The quantitative estimate of drug-likeness (QED) is 0.861. The third-order valence-electron chi connectivity index (χ3n) is 3.10. The van der Waals surface area contributed by atoms with Crippen LogP contribution in [0.15, 0.2) is 12.3 Å². The van der Waals surface area contributed by atoms with Crippen LogP contribution in [0.3, 0.4) is 0 Å². The first kappa shape index (κ1) is 12.0. The van der Waals surface area contributed by atoms with Crippen molar-refractivity contribution in [3.63, 3.8) is 0 Å². The van der Waals surface area contributed by atoms with Crippen LogP contribution in [0.2, 0.25) is 0 Å². The zero-order valence-electron chi connectivity index (χ0n) is 10.2. The Morgan fingerprint density at radius 2 is 2.25 bits per heavy atom. The monoisotopic (exact) mass is 240 g/mol. The molecule has 1 atom stereocenters. The molecule has 0 aliphatic carbocycles. The van der Waals surface area contributed by atoms with Crippen molar-refractivity contribution < 1.29 is 5.11 Å². The van der Waals surface area contributed by atoms with Gasteiger partial charge in [-0.2, -0.15) is 16.9 Å². The fourth-order valence-electron chi connectivity index (χ4n) is 2.53. The van der Waals surface area contributed by atoms with Gasteiger partial charge in [0.2, 0.25) is 0 Å². The van der Waals surface area contributed by atoms with Gasteiger partial charge in [-0.25, -0.2) is 0 Å². The Labute approximate surface area is 101 Å². The molecule has 0 radical (unpaired) electrons. The number of rotatable bonds is 2. The summed E-state index contributed by atoms with van der Waals surface area (Å²) in [4.78, 5) is 0. The maximum atomic E-state index is 10.8. The first-order valence-electron chi connectivity index (χ1n) is 5.79. The number of nitrogens with zero attached hydrogens (tertiary/aromatic N) is 2. The third-order valence-corrected chi connectivity index (χ3v) is 4.76. The summed E-state index contributed by atoms with van der Waals surface area (Å²) in [5.74, 6) is 1.90. The molecule has 90 valence electrons. The molecule has 1 aromatic heterocycles. The molecule has 16 heavy (non-hydrogen) atoms. The largest absolute Gasteiger partial charge is 0.383 e. The lowest BCUT2D eigenvalue weighted by Crippen LogP contribution is -2.41. The van der Waals surface area contributed by atoms with Gasteiger partial charge in [-0.3, -0.25) is 4.68 Å². The minimum absolute atomic E-state index is 0.195. The molecule has 0 bridgehead atoms. The van der Waals surface area contributed by atoms with E-state index in [0.717, 1.165) is 30.2 Å². The topological polar surface area (TPSA) is 38.0 Å². The van der Waals surface area contributed by atoms with E-state index >= 15 is 0 Å². The van der Waals surface area contributed by atoms with Crippen LogP contribution in [-0.2, 0) is 12.1 Å². The van der Waals surface area contributed by atoms with Gasteiger partial charge in [0, 0.05) is 18.5 Å². The molecule has 2 heterocycles. The number of aromatic nitrogens is 2. The van der Waals surface area contributed by atoms with Crippen LogP contribution < -0.4 is 0 Å². The van der Waals surface area contributed by atoms with Crippen molar-refractivity contribution in [2.45, 2.75) is 39.3 Å². The van der Waals surface area contributed by atoms with Crippen LogP contribution in [-0.4, -0.2) is 26.4 Å². The number of aliphatic hydroxyl groups is 1. The van der Waals surface area contributed by atoms with Crippen LogP contribution in [0.5, 0.6) is 0 Å². The summed E-state index contributed by atoms with van der Waals surface area (Å²) in [6.45, 7) is 7.31. The van der Waals surface area contributed by atoms with Gasteiger partial charge >= 0.3 is 0 Å². The second-order valence-corrected chi connectivity index (χ2v) is 6.38. The number of thioether (sulfide) groups is 1. The molecule has 2 rings (SSSR count). The Hall–Kier alpha value is -0.480. The number of aryl methyl sites for hydroxylation is 1. The van der Waals surface area contributed by atoms with Gasteiger partial charge in [-0.15, -0.1) is 0 Å². The van der Waals surface area contributed by atoms with Crippen molar-refractivity contribution in [1.29, 1.82) is 0 Å². The zero-order valence-corrected chi connectivity index (χ0v) is 11.0. The second kappa shape index (κ2) is 4.08. The minimum Gasteiger partial charge on any atom is -0.383 e. The minimum atomic E-state index is -0.709. The average Bonchev–Trinajstić information content (AvgIpc) is 2.63. The van der Waals surface area contributed by atoms with Crippen molar-refractivity contribution in [3.05, 3.63) is 18.0 Å². The molecular weight excluding hydrogens is 220 g/mol. The lowest BCUT2D eigenvalue weighted by atomic mass is 9.80. The van der Waals surface area contributed by atoms with E-state index in [2.05, 4.69) is 25.9 Å². The van der Waals surface area contributed by atoms with Crippen LogP contribution >= 0.6 is 11.8 Å². The summed E-state index contributed by atoms with van der Waals surface area (Å²) in [7, 11) is 0. The molecule has 1 fully saturated rings. The van der Waals surface area contributed by atoms with E-state index < -0.39 is 5.60 Å². The molecule has 0 amide bonds. The van der Waals surface area contributed by atoms with Gasteiger partial charge in [0.05, 0.1) is 5.69 Å². The molecular formula is C12H20N2OS. The number of hydrogen-bond donors (Lipinski definition) is 1. The smallest absolute Gasteiger partial charge is 0.116 e. The first-order chi connectivity index (χ1) is 7.47. The van der Waals surface area contributed by atoms with E-state index in [0.29, 0.717) is 0 Å². The van der Waals surface area contributed by atoms with Gasteiger partial charge in [0.25, 0.3) is 0 Å². The summed E-state index contributed by atoms with van der Waals surface area (Å²) in [6, 6.07) is 1.95. The SMILES string of the molecule is CCn1nccc1C1(O)CSCC(C)(C)C1. The summed E-state index contributed by atoms with van der Waals surface area (Å²) >= 11 is 1.84. The predicted octanol–water partition coefficient (Wildman–Crippen LogP) is 2.25. The fourth-order valence-corrected chi connectivity index (χ4v) is 3.88. The van der Waals surface area contributed by atoms with Crippen molar-refractivity contribution in [2.24, 2.45) is 5.41 Å². The molecule has 4 heteroatoms. The van der Waals surface area contributed by atoms with Crippen molar-refractivity contribution in [3.8, 4) is 0 Å². The summed E-state index contributed by atoms with van der Waals surface area (Å²) in [6.07, 6.45) is 2.60. The van der Waals surface area contributed by atoms with Crippen LogP contribution in [0.1, 0.15) is 32.9 Å². The van der Waals surface area contributed by atoms with Crippen LogP contribution in [0, 0.1) is 5.41 Å². The highest BCUT2D eigenvalue weighted by molar-refractivity contribution is 7.99. The van der Waals surface area contributed by atoms with E-state index in [1.54, 1.807) is 6.20 Å². The van der Waals surface area contributed by atoms with Gasteiger partial charge in [-0.05, 0) is 30.6 Å². The van der Waals surface area contributed by atoms with Gasteiger partial charge in [0.15, 0.2) is 0 Å². The molecule has 1 unspecified atom stereocenters. The summed E-state index contributed by atoms with van der Waals surface area (Å²) in [5, 5.41) is 15.0. The Morgan fingerprint density at radius 1 is 1.50 bits per heavy atom. The standard InChI is InChI=1S/C12H20N2OS/c1-4-14-10(5-6-13-14)12(15)7-11(2,3)8-16-9-12/h5-6,15H,4,7-9H2,1-3H3. The first-order valence-corrected chi connectivity index (χ1v) is 6.95. The maximum absolute atomic E-state index is 10.8. The molecule has 1 aliphatic heterocycles. The van der Waals surface area contributed by atoms with Gasteiger partial charge in [-0.1, -0.05) is 13.8 Å². The van der Waals surface area contributed by atoms with Crippen LogP contribution in [0.25, 0.3) is 0 Å². The van der Waals surface area contributed by atoms with Crippen molar-refractivity contribution >= 4 is 11.8 Å². The molecule has 3 nitrogen and oxygen atoms in total. The van der Waals surface area contributed by atoms with E-state index in [4.69, 9.17) is 0 Å². The Bertz CT molecular complexity index is 375. The highest BCUT2D eigenvalue weighted by atomic mass is 32.2. The predicted molar refractivity (Wildman–Crippen MR) is 67.5 cm³/mol. The van der Waals surface area contributed by atoms with Crippen molar-refractivity contribution in [2.75, 3.05) is 11.5 Å². The average molecular weight is 240 g/mol.